The normalized spacial score (nSPS) is 11.9. The van der Waals surface area contributed by atoms with Gasteiger partial charge in [-0.05, 0) is 46.9 Å². The summed E-state index contributed by atoms with van der Waals surface area (Å²) in [5.41, 5.74) is 1.30. The van der Waals surface area contributed by atoms with Crippen molar-refractivity contribution in [2.75, 3.05) is 27.2 Å². The zero-order valence-corrected chi connectivity index (χ0v) is 12.9. The number of hydrogen-bond acceptors (Lipinski definition) is 4. The van der Waals surface area contributed by atoms with Crippen LogP contribution in [0.1, 0.15) is 32.8 Å². The molecule has 0 spiro atoms. The zero-order chi connectivity index (χ0) is 14.3. The quantitative estimate of drug-likeness (QED) is 0.768. The Bertz CT molecular complexity index is 355. The summed E-state index contributed by atoms with van der Waals surface area (Å²) in [6.07, 6.45) is 2.89. The van der Waals surface area contributed by atoms with Crippen LogP contribution in [0.4, 0.5) is 0 Å². The van der Waals surface area contributed by atoms with Gasteiger partial charge in [-0.3, -0.25) is 0 Å². The average Bonchev–Trinajstić information content (AvgIpc) is 2.32. The van der Waals surface area contributed by atoms with Gasteiger partial charge in [0.1, 0.15) is 0 Å². The molecule has 0 atom stereocenters. The van der Waals surface area contributed by atoms with E-state index in [1.54, 1.807) is 0 Å². The van der Waals surface area contributed by atoms with Crippen molar-refractivity contribution in [2.24, 2.45) is 0 Å². The molecule has 19 heavy (non-hydrogen) atoms. The third-order valence-corrected chi connectivity index (χ3v) is 2.62. The molecule has 0 radical (unpaired) electrons. The van der Waals surface area contributed by atoms with Crippen molar-refractivity contribution in [3.05, 3.63) is 23.9 Å². The lowest BCUT2D eigenvalue weighted by Gasteiger charge is -2.20. The molecule has 0 saturated carbocycles. The molecule has 1 heterocycles. The number of nitrogens with zero attached hydrogens (tertiary/aromatic N) is 2. The van der Waals surface area contributed by atoms with E-state index in [4.69, 9.17) is 4.74 Å². The third kappa shape index (κ3) is 7.80. The molecule has 1 aromatic rings. The Balaban J connectivity index is 2.31. The van der Waals surface area contributed by atoms with E-state index in [0.717, 1.165) is 19.5 Å². The Hall–Kier alpha value is -1.13. The van der Waals surface area contributed by atoms with Gasteiger partial charge in [0.05, 0.1) is 6.61 Å². The molecule has 0 aliphatic carbocycles. The highest BCUT2D eigenvalue weighted by atomic mass is 16.5. The van der Waals surface area contributed by atoms with Gasteiger partial charge < -0.3 is 15.0 Å². The molecular weight excluding hydrogens is 238 g/mol. The highest BCUT2D eigenvalue weighted by Crippen LogP contribution is 2.09. The molecule has 4 heteroatoms. The maximum Gasteiger partial charge on any atom is 0.213 e. The first-order chi connectivity index (χ1) is 8.87. The minimum Gasteiger partial charge on any atom is -0.478 e. The van der Waals surface area contributed by atoms with Crippen molar-refractivity contribution in [1.82, 2.24) is 15.2 Å². The summed E-state index contributed by atoms with van der Waals surface area (Å²) < 4.78 is 5.60. The molecule has 1 rings (SSSR count). The van der Waals surface area contributed by atoms with Crippen LogP contribution in [0.25, 0.3) is 0 Å². The van der Waals surface area contributed by atoms with Gasteiger partial charge in [0.2, 0.25) is 5.88 Å². The molecular formula is C15H27N3O. The highest BCUT2D eigenvalue weighted by Gasteiger charge is 2.08. The minimum atomic E-state index is 0.126. The van der Waals surface area contributed by atoms with Crippen molar-refractivity contribution in [1.29, 1.82) is 0 Å². The van der Waals surface area contributed by atoms with Crippen molar-refractivity contribution in [3.63, 3.8) is 0 Å². The van der Waals surface area contributed by atoms with Gasteiger partial charge in [0, 0.05) is 30.9 Å². The highest BCUT2D eigenvalue weighted by molar-refractivity contribution is 5.17. The molecule has 4 nitrogen and oxygen atoms in total. The van der Waals surface area contributed by atoms with Crippen molar-refractivity contribution >= 4 is 0 Å². The average molecular weight is 265 g/mol. The lowest BCUT2D eigenvalue weighted by atomic mass is 10.1. The largest absolute Gasteiger partial charge is 0.478 e. The fourth-order valence-electron chi connectivity index (χ4n) is 1.53. The van der Waals surface area contributed by atoms with Gasteiger partial charge in [-0.25, -0.2) is 4.98 Å². The lowest BCUT2D eigenvalue weighted by molar-refractivity contribution is 0.273. The summed E-state index contributed by atoms with van der Waals surface area (Å²) in [6, 6.07) is 4.00. The van der Waals surface area contributed by atoms with Crippen molar-refractivity contribution in [3.8, 4) is 5.88 Å². The maximum atomic E-state index is 5.60. The molecule has 1 N–H and O–H groups in total. The van der Waals surface area contributed by atoms with E-state index in [2.05, 4.69) is 56.1 Å². The maximum absolute atomic E-state index is 5.60. The number of rotatable bonds is 7. The summed E-state index contributed by atoms with van der Waals surface area (Å²) in [5.74, 6) is 0.707. The SMILES string of the molecule is CN(C)CCCOc1ccc(CNC(C)(C)C)cn1. The third-order valence-electron chi connectivity index (χ3n) is 2.62. The number of ether oxygens (including phenoxy) is 1. The fraction of sp³-hybridized carbons (Fsp3) is 0.667. The van der Waals surface area contributed by atoms with Crippen LogP contribution in [-0.4, -0.2) is 42.7 Å². The molecule has 0 aliphatic rings. The lowest BCUT2D eigenvalue weighted by Crippen LogP contribution is -2.35. The van der Waals surface area contributed by atoms with Crippen molar-refractivity contribution < 1.29 is 4.74 Å². The number of hydrogen-bond donors (Lipinski definition) is 1. The summed E-state index contributed by atoms with van der Waals surface area (Å²) in [6.45, 7) is 9.05. The van der Waals surface area contributed by atoms with E-state index in [0.29, 0.717) is 12.5 Å². The van der Waals surface area contributed by atoms with E-state index in [1.807, 2.05) is 12.3 Å². The second-order valence-electron chi connectivity index (χ2n) is 6.11. The number of nitrogens with one attached hydrogen (secondary N) is 1. The van der Waals surface area contributed by atoms with E-state index in [9.17, 15) is 0 Å². The molecule has 0 bridgehead atoms. The van der Waals surface area contributed by atoms with Crippen LogP contribution in [0.2, 0.25) is 0 Å². The van der Waals surface area contributed by atoms with Crippen LogP contribution in [0, 0.1) is 0 Å². The van der Waals surface area contributed by atoms with Crippen LogP contribution in [0.15, 0.2) is 18.3 Å². The van der Waals surface area contributed by atoms with E-state index in [1.165, 1.54) is 5.56 Å². The first-order valence-electron chi connectivity index (χ1n) is 6.84. The van der Waals surface area contributed by atoms with E-state index < -0.39 is 0 Å². The topological polar surface area (TPSA) is 37.4 Å². The van der Waals surface area contributed by atoms with Crippen LogP contribution < -0.4 is 10.1 Å². The van der Waals surface area contributed by atoms with Gasteiger partial charge in [-0.1, -0.05) is 6.07 Å². The second-order valence-corrected chi connectivity index (χ2v) is 6.11. The van der Waals surface area contributed by atoms with Gasteiger partial charge in [0.15, 0.2) is 0 Å². The summed E-state index contributed by atoms with van der Waals surface area (Å²) in [4.78, 5) is 6.47. The Labute approximate surface area is 117 Å². The van der Waals surface area contributed by atoms with Gasteiger partial charge in [-0.15, -0.1) is 0 Å². The first kappa shape index (κ1) is 15.9. The Kier molecular flexibility index (Phi) is 6.25. The molecule has 0 saturated heterocycles. The molecule has 0 aliphatic heterocycles. The van der Waals surface area contributed by atoms with Crippen LogP contribution in [0.3, 0.4) is 0 Å². The zero-order valence-electron chi connectivity index (χ0n) is 12.9. The Morgan fingerprint density at radius 1 is 1.26 bits per heavy atom. The van der Waals surface area contributed by atoms with Crippen LogP contribution >= 0.6 is 0 Å². The molecule has 0 aromatic carbocycles. The van der Waals surface area contributed by atoms with Gasteiger partial charge in [0.25, 0.3) is 0 Å². The molecule has 1 aromatic heterocycles. The predicted molar refractivity (Wildman–Crippen MR) is 79.5 cm³/mol. The molecule has 0 unspecified atom stereocenters. The van der Waals surface area contributed by atoms with Gasteiger partial charge >= 0.3 is 0 Å². The first-order valence-corrected chi connectivity index (χ1v) is 6.84. The molecule has 0 fully saturated rings. The monoisotopic (exact) mass is 265 g/mol. The predicted octanol–water partition coefficient (Wildman–Crippen LogP) is 2.30. The number of aromatic nitrogens is 1. The van der Waals surface area contributed by atoms with E-state index in [-0.39, 0.29) is 5.54 Å². The van der Waals surface area contributed by atoms with E-state index >= 15 is 0 Å². The number of pyridine rings is 1. The van der Waals surface area contributed by atoms with Crippen LogP contribution in [0.5, 0.6) is 5.88 Å². The van der Waals surface area contributed by atoms with Gasteiger partial charge in [-0.2, -0.15) is 0 Å². The fourth-order valence-corrected chi connectivity index (χ4v) is 1.53. The summed E-state index contributed by atoms with van der Waals surface area (Å²) >= 11 is 0. The standard InChI is InChI=1S/C15H27N3O/c1-15(2,3)17-12-13-7-8-14(16-11-13)19-10-6-9-18(4)5/h7-8,11,17H,6,9-10,12H2,1-5H3. The second kappa shape index (κ2) is 7.46. The Morgan fingerprint density at radius 2 is 2.00 bits per heavy atom. The summed E-state index contributed by atoms with van der Waals surface area (Å²) in [5, 5.41) is 3.44. The smallest absolute Gasteiger partial charge is 0.213 e. The molecule has 108 valence electrons. The Morgan fingerprint density at radius 3 is 2.53 bits per heavy atom. The van der Waals surface area contributed by atoms with Crippen LogP contribution in [-0.2, 0) is 6.54 Å². The minimum absolute atomic E-state index is 0.126. The van der Waals surface area contributed by atoms with Crippen molar-refractivity contribution in [2.45, 2.75) is 39.3 Å². The molecule has 0 amide bonds. The summed E-state index contributed by atoms with van der Waals surface area (Å²) in [7, 11) is 4.13.